The van der Waals surface area contributed by atoms with Crippen LogP contribution in [-0.2, 0) is 17.6 Å². The van der Waals surface area contributed by atoms with Crippen LogP contribution in [0.25, 0.3) is 10.9 Å². The Hall–Kier alpha value is -3.09. The molecule has 2 aromatic carbocycles. The van der Waals surface area contributed by atoms with Gasteiger partial charge in [0.15, 0.2) is 0 Å². The number of aryl methyl sites for hydroxylation is 2. The number of rotatable bonds is 6. The van der Waals surface area contributed by atoms with Crippen molar-refractivity contribution in [1.29, 1.82) is 0 Å². The normalized spacial score (nSPS) is 10.9. The molecule has 0 atom stereocenters. The molecule has 1 aromatic heterocycles. The largest absolute Gasteiger partial charge is 0.280 e. The van der Waals surface area contributed by atoms with Gasteiger partial charge in [0.25, 0.3) is 5.56 Å². The first kappa shape index (κ1) is 18.7. The molecule has 0 saturated heterocycles. The number of hydrogen-bond donors (Lipinski definition) is 1. The fourth-order valence-electron chi connectivity index (χ4n) is 2.80. The average Bonchev–Trinajstić information content (AvgIpc) is 2.64. The van der Waals surface area contributed by atoms with Crippen molar-refractivity contribution < 1.29 is 13.6 Å². The number of nitrogens with zero attached hydrogens (tertiary/aromatic N) is 2. The van der Waals surface area contributed by atoms with Gasteiger partial charge in [0.05, 0.1) is 10.9 Å². The van der Waals surface area contributed by atoms with Crippen LogP contribution in [0.2, 0.25) is 0 Å². The standard InChI is InChI=1S/C20H19F2N3O2/c1-2-3-18-23-17-12-15(22)9-10-16(17)20(27)25(18)24-19(26)11-6-13-4-7-14(21)8-5-13/h4-5,7-10,12H,2-3,6,11H2,1H3,(H,24,26). The Kier molecular flexibility index (Phi) is 5.59. The molecule has 0 aliphatic rings. The van der Waals surface area contributed by atoms with Crippen LogP contribution in [0.5, 0.6) is 0 Å². The number of aromatic nitrogens is 2. The quantitative estimate of drug-likeness (QED) is 0.723. The number of carbonyl (C=O) groups is 1. The lowest BCUT2D eigenvalue weighted by molar-refractivity contribution is -0.117. The number of amides is 1. The summed E-state index contributed by atoms with van der Waals surface area (Å²) in [6.45, 7) is 1.92. The molecule has 0 spiro atoms. The summed E-state index contributed by atoms with van der Waals surface area (Å²) in [6.07, 6.45) is 1.71. The van der Waals surface area contributed by atoms with Crippen LogP contribution >= 0.6 is 0 Å². The molecule has 0 unspecified atom stereocenters. The van der Waals surface area contributed by atoms with Gasteiger partial charge >= 0.3 is 0 Å². The molecule has 0 saturated carbocycles. The number of carbonyl (C=O) groups excluding carboxylic acids is 1. The van der Waals surface area contributed by atoms with E-state index in [-0.39, 0.29) is 29.0 Å². The van der Waals surface area contributed by atoms with E-state index in [1.165, 1.54) is 30.3 Å². The third-order valence-corrected chi connectivity index (χ3v) is 4.17. The fourth-order valence-corrected chi connectivity index (χ4v) is 2.80. The molecule has 140 valence electrons. The SMILES string of the molecule is CCCc1nc2cc(F)ccc2c(=O)n1NC(=O)CCc1ccc(F)cc1. The van der Waals surface area contributed by atoms with Gasteiger partial charge in [0.2, 0.25) is 5.91 Å². The lowest BCUT2D eigenvalue weighted by Crippen LogP contribution is -2.36. The van der Waals surface area contributed by atoms with Gasteiger partial charge in [-0.25, -0.2) is 18.4 Å². The summed E-state index contributed by atoms with van der Waals surface area (Å²) in [5.41, 5.74) is 3.22. The summed E-state index contributed by atoms with van der Waals surface area (Å²) >= 11 is 0. The first-order valence-corrected chi connectivity index (χ1v) is 8.73. The molecule has 1 heterocycles. The van der Waals surface area contributed by atoms with Crippen molar-refractivity contribution in [2.45, 2.75) is 32.6 Å². The number of halogens is 2. The summed E-state index contributed by atoms with van der Waals surface area (Å²) in [7, 11) is 0. The number of nitrogens with one attached hydrogen (secondary N) is 1. The van der Waals surface area contributed by atoms with Crippen LogP contribution in [0.1, 0.15) is 31.2 Å². The molecule has 5 nitrogen and oxygen atoms in total. The van der Waals surface area contributed by atoms with E-state index in [4.69, 9.17) is 0 Å². The Morgan fingerprint density at radius 3 is 2.48 bits per heavy atom. The lowest BCUT2D eigenvalue weighted by Gasteiger charge is -2.14. The maximum Gasteiger partial charge on any atom is 0.280 e. The summed E-state index contributed by atoms with van der Waals surface area (Å²) in [5, 5.41) is 0.232. The minimum Gasteiger partial charge on any atom is -0.273 e. The van der Waals surface area contributed by atoms with Crippen LogP contribution < -0.4 is 11.0 Å². The molecule has 0 aliphatic carbocycles. The third-order valence-electron chi connectivity index (χ3n) is 4.17. The van der Waals surface area contributed by atoms with Crippen LogP contribution in [0.15, 0.2) is 47.3 Å². The molecule has 1 N–H and O–H groups in total. The molecule has 3 rings (SSSR count). The van der Waals surface area contributed by atoms with Crippen molar-refractivity contribution in [2.75, 3.05) is 5.43 Å². The second kappa shape index (κ2) is 8.07. The zero-order valence-corrected chi connectivity index (χ0v) is 14.8. The van der Waals surface area contributed by atoms with Crippen molar-refractivity contribution in [3.8, 4) is 0 Å². The summed E-state index contributed by atoms with van der Waals surface area (Å²) < 4.78 is 27.5. The molecule has 0 radical (unpaired) electrons. The van der Waals surface area contributed by atoms with Gasteiger partial charge in [-0.15, -0.1) is 0 Å². The Morgan fingerprint density at radius 1 is 1.07 bits per heavy atom. The predicted molar refractivity (Wildman–Crippen MR) is 99.0 cm³/mol. The van der Waals surface area contributed by atoms with Gasteiger partial charge in [-0.05, 0) is 42.7 Å². The molecule has 7 heteroatoms. The maximum atomic E-state index is 13.4. The van der Waals surface area contributed by atoms with E-state index in [0.717, 1.165) is 10.2 Å². The molecule has 1 amide bonds. The fraction of sp³-hybridized carbons (Fsp3) is 0.250. The summed E-state index contributed by atoms with van der Waals surface area (Å²) in [5.74, 6) is -0.798. The highest BCUT2D eigenvalue weighted by Crippen LogP contribution is 2.11. The van der Waals surface area contributed by atoms with Crippen LogP contribution in [0.3, 0.4) is 0 Å². The smallest absolute Gasteiger partial charge is 0.273 e. The summed E-state index contributed by atoms with van der Waals surface area (Å²) in [6, 6.07) is 9.65. The first-order chi connectivity index (χ1) is 13.0. The van der Waals surface area contributed by atoms with Crippen LogP contribution in [0, 0.1) is 11.6 Å². The van der Waals surface area contributed by atoms with E-state index in [1.54, 1.807) is 12.1 Å². The van der Waals surface area contributed by atoms with Gasteiger partial charge in [0.1, 0.15) is 17.5 Å². The van der Waals surface area contributed by atoms with Gasteiger partial charge in [-0.2, -0.15) is 0 Å². The zero-order chi connectivity index (χ0) is 19.4. The number of benzene rings is 2. The topological polar surface area (TPSA) is 64.0 Å². The van der Waals surface area contributed by atoms with Gasteiger partial charge in [0, 0.05) is 18.9 Å². The van der Waals surface area contributed by atoms with Crippen molar-refractivity contribution in [2.24, 2.45) is 0 Å². The minimum absolute atomic E-state index is 0.130. The van der Waals surface area contributed by atoms with Crippen molar-refractivity contribution in [3.63, 3.8) is 0 Å². The molecular weight excluding hydrogens is 352 g/mol. The monoisotopic (exact) mass is 371 g/mol. The predicted octanol–water partition coefficient (Wildman–Crippen LogP) is 3.33. The Labute approximate surface area is 154 Å². The highest BCUT2D eigenvalue weighted by Gasteiger charge is 2.13. The highest BCUT2D eigenvalue weighted by atomic mass is 19.1. The molecule has 0 bridgehead atoms. The summed E-state index contributed by atoms with van der Waals surface area (Å²) in [4.78, 5) is 29.4. The second-order valence-electron chi connectivity index (χ2n) is 6.24. The zero-order valence-electron chi connectivity index (χ0n) is 14.8. The van der Waals surface area contributed by atoms with E-state index in [2.05, 4.69) is 10.4 Å². The number of hydrogen-bond acceptors (Lipinski definition) is 3. The van der Waals surface area contributed by atoms with Gasteiger partial charge in [-0.1, -0.05) is 19.1 Å². The lowest BCUT2D eigenvalue weighted by atomic mass is 10.1. The average molecular weight is 371 g/mol. The minimum atomic E-state index is -0.474. The Bertz CT molecular complexity index is 1030. The molecule has 0 aliphatic heterocycles. The van der Waals surface area contributed by atoms with E-state index in [9.17, 15) is 18.4 Å². The van der Waals surface area contributed by atoms with E-state index < -0.39 is 11.4 Å². The molecule has 27 heavy (non-hydrogen) atoms. The van der Waals surface area contributed by atoms with Crippen LogP contribution in [0.4, 0.5) is 8.78 Å². The Morgan fingerprint density at radius 2 is 1.78 bits per heavy atom. The molecular formula is C20H19F2N3O2. The van der Waals surface area contributed by atoms with Crippen LogP contribution in [-0.4, -0.2) is 15.6 Å². The molecule has 0 fully saturated rings. The molecule has 3 aromatic rings. The maximum absolute atomic E-state index is 13.4. The van der Waals surface area contributed by atoms with Gasteiger partial charge < -0.3 is 0 Å². The highest BCUT2D eigenvalue weighted by molar-refractivity contribution is 5.84. The van der Waals surface area contributed by atoms with E-state index in [0.29, 0.717) is 25.1 Å². The first-order valence-electron chi connectivity index (χ1n) is 8.73. The van der Waals surface area contributed by atoms with E-state index >= 15 is 0 Å². The van der Waals surface area contributed by atoms with E-state index in [1.807, 2.05) is 6.92 Å². The van der Waals surface area contributed by atoms with Crippen molar-refractivity contribution in [1.82, 2.24) is 9.66 Å². The van der Waals surface area contributed by atoms with Gasteiger partial charge in [-0.3, -0.25) is 15.0 Å². The Balaban J connectivity index is 1.84. The van der Waals surface area contributed by atoms with Crippen molar-refractivity contribution >= 4 is 16.8 Å². The second-order valence-corrected chi connectivity index (χ2v) is 6.24. The third kappa shape index (κ3) is 4.36. The number of fused-ring (bicyclic) bond motifs is 1. The van der Waals surface area contributed by atoms with Crippen molar-refractivity contribution in [3.05, 3.63) is 75.8 Å².